The summed E-state index contributed by atoms with van der Waals surface area (Å²) in [6, 6.07) is 0. The zero-order valence-corrected chi connectivity index (χ0v) is 13.4. The van der Waals surface area contributed by atoms with Gasteiger partial charge in [-0.15, -0.1) is 0 Å². The number of rotatable bonds is 2. The molecule has 2 nitrogen and oxygen atoms in total. The summed E-state index contributed by atoms with van der Waals surface area (Å²) in [5.74, 6) is 0.817. The topological polar surface area (TPSA) is 29.3 Å². The van der Waals surface area contributed by atoms with E-state index in [4.69, 9.17) is 5.73 Å². The van der Waals surface area contributed by atoms with Gasteiger partial charge in [-0.05, 0) is 56.5 Å². The van der Waals surface area contributed by atoms with Crippen LogP contribution in [0.4, 0.5) is 0 Å². The minimum atomic E-state index is 0.290. The standard InChI is InChI=1S/C17H34N2/c1-15-11-16(2,3)13-17(12-15,14-18)19-9-7-5-4-6-8-10-19/h15H,4-14,18H2,1-3H3. The smallest absolute Gasteiger partial charge is 0.0339 e. The van der Waals surface area contributed by atoms with E-state index in [0.29, 0.717) is 11.0 Å². The highest BCUT2D eigenvalue weighted by Gasteiger charge is 2.45. The second-order valence-electron chi connectivity index (χ2n) is 8.04. The molecule has 2 atom stereocenters. The van der Waals surface area contributed by atoms with Crippen molar-refractivity contribution in [3.05, 3.63) is 0 Å². The van der Waals surface area contributed by atoms with Crippen molar-refractivity contribution in [1.29, 1.82) is 0 Å². The molecule has 0 aromatic rings. The van der Waals surface area contributed by atoms with Crippen molar-refractivity contribution >= 4 is 0 Å². The third kappa shape index (κ3) is 3.72. The average molecular weight is 266 g/mol. The van der Waals surface area contributed by atoms with E-state index in [1.807, 2.05) is 0 Å². The van der Waals surface area contributed by atoms with Gasteiger partial charge in [0.2, 0.25) is 0 Å². The number of nitrogens with two attached hydrogens (primary N) is 1. The van der Waals surface area contributed by atoms with Gasteiger partial charge < -0.3 is 5.73 Å². The van der Waals surface area contributed by atoms with Crippen molar-refractivity contribution in [3.63, 3.8) is 0 Å². The van der Waals surface area contributed by atoms with E-state index in [0.717, 1.165) is 12.5 Å². The highest BCUT2D eigenvalue weighted by atomic mass is 15.2. The van der Waals surface area contributed by atoms with Gasteiger partial charge in [-0.2, -0.15) is 0 Å². The fourth-order valence-corrected chi connectivity index (χ4v) is 4.95. The van der Waals surface area contributed by atoms with Gasteiger partial charge in [0, 0.05) is 12.1 Å². The number of nitrogens with zero attached hydrogens (tertiary/aromatic N) is 1. The first-order valence-corrected chi connectivity index (χ1v) is 8.43. The minimum absolute atomic E-state index is 0.290. The first-order valence-electron chi connectivity index (χ1n) is 8.43. The summed E-state index contributed by atoms with van der Waals surface area (Å²) < 4.78 is 0. The number of hydrogen-bond acceptors (Lipinski definition) is 2. The Morgan fingerprint density at radius 1 is 1.00 bits per heavy atom. The summed E-state index contributed by atoms with van der Waals surface area (Å²) in [7, 11) is 0. The van der Waals surface area contributed by atoms with Crippen LogP contribution in [0.3, 0.4) is 0 Å². The molecule has 2 heteroatoms. The lowest BCUT2D eigenvalue weighted by atomic mass is 9.63. The molecule has 1 aliphatic heterocycles. The quantitative estimate of drug-likeness (QED) is 0.824. The molecule has 0 bridgehead atoms. The maximum atomic E-state index is 6.30. The van der Waals surface area contributed by atoms with Crippen molar-refractivity contribution < 1.29 is 0 Å². The maximum Gasteiger partial charge on any atom is 0.0339 e. The summed E-state index contributed by atoms with van der Waals surface area (Å²) >= 11 is 0. The van der Waals surface area contributed by atoms with Crippen LogP contribution in [0.1, 0.15) is 72.1 Å². The molecule has 112 valence electrons. The van der Waals surface area contributed by atoms with Crippen LogP contribution in [0, 0.1) is 11.3 Å². The van der Waals surface area contributed by atoms with E-state index in [9.17, 15) is 0 Å². The van der Waals surface area contributed by atoms with Crippen molar-refractivity contribution in [1.82, 2.24) is 4.90 Å². The molecule has 1 saturated carbocycles. The van der Waals surface area contributed by atoms with Crippen LogP contribution in [0.2, 0.25) is 0 Å². The van der Waals surface area contributed by atoms with Gasteiger partial charge in [0.15, 0.2) is 0 Å². The largest absolute Gasteiger partial charge is 0.329 e. The molecule has 2 fully saturated rings. The molecule has 0 spiro atoms. The summed E-state index contributed by atoms with van der Waals surface area (Å²) in [6.45, 7) is 10.7. The first-order chi connectivity index (χ1) is 8.97. The normalized spacial score (nSPS) is 37.6. The molecule has 19 heavy (non-hydrogen) atoms. The van der Waals surface area contributed by atoms with Crippen LogP contribution in [0.25, 0.3) is 0 Å². The Morgan fingerprint density at radius 3 is 2.11 bits per heavy atom. The Kier molecular flexibility index (Phi) is 4.94. The first kappa shape index (κ1) is 15.3. The van der Waals surface area contributed by atoms with Crippen LogP contribution >= 0.6 is 0 Å². The zero-order valence-electron chi connectivity index (χ0n) is 13.4. The molecular formula is C17H34N2. The van der Waals surface area contributed by atoms with E-state index in [-0.39, 0.29) is 0 Å². The number of likely N-dealkylation sites (tertiary alicyclic amines) is 1. The van der Waals surface area contributed by atoms with Crippen molar-refractivity contribution in [2.75, 3.05) is 19.6 Å². The average Bonchev–Trinajstić information content (AvgIpc) is 2.25. The fraction of sp³-hybridized carbons (Fsp3) is 1.00. The Balaban J connectivity index is 2.14. The second kappa shape index (κ2) is 6.13. The minimum Gasteiger partial charge on any atom is -0.329 e. The Labute approximate surface area is 120 Å². The van der Waals surface area contributed by atoms with E-state index in [2.05, 4.69) is 25.7 Å². The van der Waals surface area contributed by atoms with Gasteiger partial charge in [0.25, 0.3) is 0 Å². The summed E-state index contributed by atoms with van der Waals surface area (Å²) in [5, 5.41) is 0. The molecule has 2 rings (SSSR count). The van der Waals surface area contributed by atoms with Gasteiger partial charge in [-0.3, -0.25) is 4.90 Å². The van der Waals surface area contributed by atoms with Crippen molar-refractivity contribution in [2.45, 2.75) is 77.7 Å². The monoisotopic (exact) mass is 266 g/mol. The van der Waals surface area contributed by atoms with E-state index >= 15 is 0 Å². The highest BCUT2D eigenvalue weighted by Crippen LogP contribution is 2.46. The predicted molar refractivity (Wildman–Crippen MR) is 83.2 cm³/mol. The molecule has 0 aromatic heterocycles. The number of hydrogen-bond donors (Lipinski definition) is 1. The van der Waals surface area contributed by atoms with Crippen LogP contribution < -0.4 is 5.73 Å². The molecule has 0 aromatic carbocycles. The maximum absolute atomic E-state index is 6.30. The molecule has 0 radical (unpaired) electrons. The Morgan fingerprint density at radius 2 is 1.58 bits per heavy atom. The molecule has 0 amide bonds. The molecule has 2 aliphatic rings. The van der Waals surface area contributed by atoms with Crippen LogP contribution in [-0.2, 0) is 0 Å². The molecule has 1 heterocycles. The van der Waals surface area contributed by atoms with Gasteiger partial charge in [0.1, 0.15) is 0 Å². The van der Waals surface area contributed by atoms with Gasteiger partial charge in [-0.1, -0.05) is 40.0 Å². The van der Waals surface area contributed by atoms with Gasteiger partial charge >= 0.3 is 0 Å². The Bertz CT molecular complexity index is 279. The second-order valence-corrected chi connectivity index (χ2v) is 8.04. The molecular weight excluding hydrogens is 232 g/mol. The van der Waals surface area contributed by atoms with Crippen LogP contribution in [0.15, 0.2) is 0 Å². The highest BCUT2D eigenvalue weighted by molar-refractivity contribution is 5.01. The predicted octanol–water partition coefficient (Wildman–Crippen LogP) is 3.80. The lowest BCUT2D eigenvalue weighted by molar-refractivity contribution is -0.0155. The van der Waals surface area contributed by atoms with Gasteiger partial charge in [-0.25, -0.2) is 0 Å². The van der Waals surface area contributed by atoms with E-state index < -0.39 is 0 Å². The summed E-state index contributed by atoms with van der Waals surface area (Å²) in [6.07, 6.45) is 11.0. The SMILES string of the molecule is CC1CC(C)(C)CC(CN)(N2CCCCCCC2)C1. The zero-order chi connectivity index (χ0) is 13.9. The van der Waals surface area contributed by atoms with Crippen LogP contribution in [0.5, 0.6) is 0 Å². The Hall–Kier alpha value is -0.0800. The van der Waals surface area contributed by atoms with Gasteiger partial charge in [0.05, 0.1) is 0 Å². The summed E-state index contributed by atoms with van der Waals surface area (Å²) in [4.78, 5) is 2.78. The summed E-state index contributed by atoms with van der Waals surface area (Å²) in [5.41, 5.74) is 7.05. The van der Waals surface area contributed by atoms with E-state index in [1.54, 1.807) is 0 Å². The van der Waals surface area contributed by atoms with Crippen molar-refractivity contribution in [3.8, 4) is 0 Å². The van der Waals surface area contributed by atoms with E-state index in [1.165, 1.54) is 64.5 Å². The molecule has 1 saturated heterocycles. The molecule has 1 aliphatic carbocycles. The lowest BCUT2D eigenvalue weighted by Gasteiger charge is -2.53. The fourth-order valence-electron chi connectivity index (χ4n) is 4.95. The molecule has 2 unspecified atom stereocenters. The lowest BCUT2D eigenvalue weighted by Crippen LogP contribution is -2.59. The van der Waals surface area contributed by atoms with Crippen molar-refractivity contribution in [2.24, 2.45) is 17.1 Å². The third-order valence-corrected chi connectivity index (χ3v) is 5.34. The molecule has 2 N–H and O–H groups in total. The van der Waals surface area contributed by atoms with Crippen LogP contribution in [-0.4, -0.2) is 30.1 Å². The third-order valence-electron chi connectivity index (χ3n) is 5.34.